The molecular weight excluding hydrogens is 244 g/mol. The number of hydrogen-bond donors (Lipinski definition) is 1. The zero-order valence-corrected chi connectivity index (χ0v) is 13.3. The molecule has 0 bridgehead atoms. The Kier molecular flexibility index (Phi) is 4.36. The fourth-order valence-electron chi connectivity index (χ4n) is 3.01. The first kappa shape index (κ1) is 15.3. The summed E-state index contributed by atoms with van der Waals surface area (Å²) in [4.78, 5) is 2.56. The van der Waals surface area contributed by atoms with Crippen LogP contribution in [0, 0.1) is 5.41 Å². The van der Waals surface area contributed by atoms with E-state index in [4.69, 9.17) is 0 Å². The van der Waals surface area contributed by atoms with Gasteiger partial charge in [0.25, 0.3) is 0 Å². The highest BCUT2D eigenvalue weighted by atomic mass is 15.3. The van der Waals surface area contributed by atoms with Gasteiger partial charge in [0.1, 0.15) is 0 Å². The van der Waals surface area contributed by atoms with Crippen molar-refractivity contribution in [2.45, 2.75) is 39.3 Å². The van der Waals surface area contributed by atoms with E-state index in [2.05, 4.69) is 74.8 Å². The van der Waals surface area contributed by atoms with Crippen molar-refractivity contribution in [3.05, 3.63) is 48.6 Å². The van der Waals surface area contributed by atoms with E-state index in [9.17, 15) is 0 Å². The quantitative estimate of drug-likeness (QED) is 0.848. The lowest BCUT2D eigenvalue weighted by Gasteiger charge is -2.51. The number of hydrogen-bond acceptors (Lipinski definition) is 2. The van der Waals surface area contributed by atoms with Crippen molar-refractivity contribution in [2.24, 2.45) is 5.41 Å². The van der Waals surface area contributed by atoms with E-state index in [1.165, 1.54) is 5.56 Å². The van der Waals surface area contributed by atoms with Gasteiger partial charge in [0.15, 0.2) is 0 Å². The molecule has 110 valence electrons. The van der Waals surface area contributed by atoms with Crippen LogP contribution < -0.4 is 5.32 Å². The highest BCUT2D eigenvalue weighted by Crippen LogP contribution is 2.34. The first-order valence-electron chi connectivity index (χ1n) is 7.53. The Hall–Kier alpha value is -1.12. The monoisotopic (exact) mass is 272 g/mol. The van der Waals surface area contributed by atoms with Gasteiger partial charge in [-0.15, -0.1) is 6.58 Å². The fourth-order valence-corrected chi connectivity index (χ4v) is 3.01. The predicted molar refractivity (Wildman–Crippen MR) is 86.8 cm³/mol. The maximum atomic E-state index is 3.94. The molecule has 2 atom stereocenters. The standard InChI is InChI=1S/C18H28N2/c1-6-12-20-13-16(17(2,3)4)19-14-18(20,5)15-10-8-7-9-11-15/h6-11,16,19H,1,12-14H2,2-5H3. The van der Waals surface area contributed by atoms with Crippen molar-refractivity contribution in [3.8, 4) is 0 Å². The molecule has 0 amide bonds. The summed E-state index contributed by atoms with van der Waals surface area (Å²) >= 11 is 0. The van der Waals surface area contributed by atoms with Gasteiger partial charge in [0, 0.05) is 25.7 Å². The minimum absolute atomic E-state index is 0.0389. The number of benzene rings is 1. The van der Waals surface area contributed by atoms with E-state index in [-0.39, 0.29) is 11.0 Å². The van der Waals surface area contributed by atoms with Crippen LogP contribution in [0.4, 0.5) is 0 Å². The normalized spacial score (nSPS) is 28.3. The molecule has 1 saturated heterocycles. The Balaban J connectivity index is 2.28. The van der Waals surface area contributed by atoms with Crippen LogP contribution in [0.1, 0.15) is 33.3 Å². The van der Waals surface area contributed by atoms with E-state index in [1.807, 2.05) is 6.08 Å². The molecular formula is C18H28N2. The maximum Gasteiger partial charge on any atom is 0.0561 e. The second kappa shape index (κ2) is 5.71. The molecule has 1 aromatic carbocycles. The zero-order chi connectivity index (χ0) is 14.8. The van der Waals surface area contributed by atoms with E-state index < -0.39 is 0 Å². The van der Waals surface area contributed by atoms with E-state index in [0.717, 1.165) is 19.6 Å². The van der Waals surface area contributed by atoms with Gasteiger partial charge in [-0.3, -0.25) is 4.90 Å². The smallest absolute Gasteiger partial charge is 0.0561 e. The van der Waals surface area contributed by atoms with Crippen molar-refractivity contribution < 1.29 is 0 Å². The minimum Gasteiger partial charge on any atom is -0.310 e. The van der Waals surface area contributed by atoms with Crippen molar-refractivity contribution >= 4 is 0 Å². The van der Waals surface area contributed by atoms with Crippen LogP contribution in [-0.4, -0.2) is 30.6 Å². The number of nitrogens with zero attached hydrogens (tertiary/aromatic N) is 1. The van der Waals surface area contributed by atoms with Crippen LogP contribution in [0.25, 0.3) is 0 Å². The highest BCUT2D eigenvalue weighted by molar-refractivity contribution is 5.26. The average molecular weight is 272 g/mol. The molecule has 2 unspecified atom stereocenters. The third-order valence-corrected chi connectivity index (χ3v) is 4.58. The summed E-state index contributed by atoms with van der Waals surface area (Å²) in [7, 11) is 0. The van der Waals surface area contributed by atoms with Gasteiger partial charge in [-0.2, -0.15) is 0 Å². The molecule has 1 aromatic rings. The average Bonchev–Trinajstić information content (AvgIpc) is 2.41. The van der Waals surface area contributed by atoms with Gasteiger partial charge in [0.2, 0.25) is 0 Å². The summed E-state index contributed by atoms with van der Waals surface area (Å²) in [6.07, 6.45) is 2.02. The maximum absolute atomic E-state index is 3.94. The Morgan fingerprint density at radius 3 is 2.55 bits per heavy atom. The zero-order valence-electron chi connectivity index (χ0n) is 13.3. The molecule has 0 saturated carbocycles. The van der Waals surface area contributed by atoms with Crippen LogP contribution in [0.5, 0.6) is 0 Å². The third kappa shape index (κ3) is 2.97. The third-order valence-electron chi connectivity index (χ3n) is 4.58. The Labute approximate surface area is 123 Å². The van der Waals surface area contributed by atoms with E-state index >= 15 is 0 Å². The van der Waals surface area contributed by atoms with Crippen molar-refractivity contribution in [2.75, 3.05) is 19.6 Å². The van der Waals surface area contributed by atoms with Gasteiger partial charge in [0.05, 0.1) is 5.54 Å². The van der Waals surface area contributed by atoms with Crippen LogP contribution >= 0.6 is 0 Å². The SMILES string of the molecule is C=CCN1CC(C(C)(C)C)NCC1(C)c1ccccc1. The molecule has 0 radical (unpaired) electrons. The molecule has 1 heterocycles. The topological polar surface area (TPSA) is 15.3 Å². The van der Waals surface area contributed by atoms with Crippen molar-refractivity contribution in [1.29, 1.82) is 0 Å². The molecule has 0 aromatic heterocycles. The molecule has 1 N–H and O–H groups in total. The van der Waals surface area contributed by atoms with Gasteiger partial charge in [-0.1, -0.05) is 57.2 Å². The van der Waals surface area contributed by atoms with Gasteiger partial charge < -0.3 is 5.32 Å². The van der Waals surface area contributed by atoms with Crippen LogP contribution in [0.2, 0.25) is 0 Å². The summed E-state index contributed by atoms with van der Waals surface area (Å²) in [5.41, 5.74) is 1.69. The lowest BCUT2D eigenvalue weighted by molar-refractivity contribution is 0.0316. The lowest BCUT2D eigenvalue weighted by Crippen LogP contribution is -2.64. The fraction of sp³-hybridized carbons (Fsp3) is 0.556. The van der Waals surface area contributed by atoms with Crippen molar-refractivity contribution in [1.82, 2.24) is 10.2 Å². The summed E-state index contributed by atoms with van der Waals surface area (Å²) in [5.74, 6) is 0. The van der Waals surface area contributed by atoms with Crippen LogP contribution in [-0.2, 0) is 5.54 Å². The molecule has 1 aliphatic heterocycles. The summed E-state index contributed by atoms with van der Waals surface area (Å²) in [5, 5.41) is 3.76. The molecule has 1 aliphatic rings. The first-order chi connectivity index (χ1) is 9.38. The summed E-state index contributed by atoms with van der Waals surface area (Å²) in [6, 6.07) is 11.3. The Morgan fingerprint density at radius 2 is 2.00 bits per heavy atom. The molecule has 2 heteroatoms. The Bertz CT molecular complexity index is 446. The van der Waals surface area contributed by atoms with E-state index in [1.54, 1.807) is 0 Å². The molecule has 1 fully saturated rings. The first-order valence-corrected chi connectivity index (χ1v) is 7.53. The highest BCUT2D eigenvalue weighted by Gasteiger charge is 2.41. The number of rotatable bonds is 3. The lowest BCUT2D eigenvalue weighted by atomic mass is 9.80. The number of nitrogens with one attached hydrogen (secondary N) is 1. The molecule has 2 nitrogen and oxygen atoms in total. The second-order valence-electron chi connectivity index (χ2n) is 7.13. The molecule has 2 rings (SSSR count). The minimum atomic E-state index is 0.0389. The molecule has 0 spiro atoms. The van der Waals surface area contributed by atoms with Gasteiger partial charge >= 0.3 is 0 Å². The van der Waals surface area contributed by atoms with Gasteiger partial charge in [-0.05, 0) is 17.9 Å². The van der Waals surface area contributed by atoms with Crippen molar-refractivity contribution in [3.63, 3.8) is 0 Å². The largest absolute Gasteiger partial charge is 0.310 e. The van der Waals surface area contributed by atoms with E-state index in [0.29, 0.717) is 6.04 Å². The van der Waals surface area contributed by atoms with Crippen LogP contribution in [0.3, 0.4) is 0 Å². The number of piperazine rings is 1. The Morgan fingerprint density at radius 1 is 1.35 bits per heavy atom. The van der Waals surface area contributed by atoms with Crippen LogP contribution in [0.15, 0.2) is 43.0 Å². The predicted octanol–water partition coefficient (Wildman–Crippen LogP) is 3.41. The van der Waals surface area contributed by atoms with Gasteiger partial charge in [-0.25, -0.2) is 0 Å². The molecule has 0 aliphatic carbocycles. The summed E-state index contributed by atoms with van der Waals surface area (Å²) in [6.45, 7) is 16.2. The molecule has 20 heavy (non-hydrogen) atoms. The summed E-state index contributed by atoms with van der Waals surface area (Å²) < 4.78 is 0. The second-order valence-corrected chi connectivity index (χ2v) is 7.13.